The van der Waals surface area contributed by atoms with E-state index < -0.39 is 10.0 Å². The Balaban J connectivity index is 1.40. The van der Waals surface area contributed by atoms with Gasteiger partial charge in [0.25, 0.3) is 5.91 Å². The predicted molar refractivity (Wildman–Crippen MR) is 130 cm³/mol. The minimum absolute atomic E-state index is 0.0285. The van der Waals surface area contributed by atoms with Gasteiger partial charge in [0, 0.05) is 25.2 Å². The summed E-state index contributed by atoms with van der Waals surface area (Å²) in [6.45, 7) is 3.27. The van der Waals surface area contributed by atoms with E-state index in [4.69, 9.17) is 13.9 Å². The zero-order valence-electron chi connectivity index (χ0n) is 19.5. The molecule has 2 N–H and O–H groups in total. The van der Waals surface area contributed by atoms with E-state index in [0.717, 1.165) is 24.4 Å². The first-order chi connectivity index (χ1) is 17.0. The number of morpholine rings is 1. The van der Waals surface area contributed by atoms with Crippen LogP contribution >= 0.6 is 0 Å². The number of methoxy groups -OCH3 is 1. The zero-order chi connectivity index (χ0) is 24.7. The van der Waals surface area contributed by atoms with Gasteiger partial charge in [0.2, 0.25) is 10.0 Å². The third kappa shape index (κ3) is 6.49. The fourth-order valence-corrected chi connectivity index (χ4v) is 4.91. The molecule has 4 rings (SSSR count). The molecule has 2 aromatic carbocycles. The van der Waals surface area contributed by atoms with Crippen molar-refractivity contribution < 1.29 is 27.1 Å². The second-order valence-electron chi connectivity index (χ2n) is 8.08. The van der Waals surface area contributed by atoms with Gasteiger partial charge in [-0.3, -0.25) is 9.69 Å². The summed E-state index contributed by atoms with van der Waals surface area (Å²) in [7, 11) is -2.11. The van der Waals surface area contributed by atoms with Crippen LogP contribution in [0, 0.1) is 0 Å². The molecular weight excluding hydrogens is 470 g/mol. The maximum atomic E-state index is 12.9. The maximum absolute atomic E-state index is 12.9. The Morgan fingerprint density at radius 2 is 1.77 bits per heavy atom. The molecule has 186 valence electrons. The molecule has 1 aliphatic heterocycles. The van der Waals surface area contributed by atoms with E-state index in [1.165, 1.54) is 30.5 Å². The number of ether oxygens (including phenoxy) is 2. The summed E-state index contributed by atoms with van der Waals surface area (Å²) in [6.07, 6.45) is 1.48. The number of sulfonamides is 1. The Bertz CT molecular complexity index is 1190. The molecule has 0 unspecified atom stereocenters. The van der Waals surface area contributed by atoms with Gasteiger partial charge in [-0.15, -0.1) is 0 Å². The van der Waals surface area contributed by atoms with E-state index in [0.29, 0.717) is 31.1 Å². The van der Waals surface area contributed by atoms with Gasteiger partial charge in [0.1, 0.15) is 11.5 Å². The third-order valence-corrected chi connectivity index (χ3v) is 7.30. The smallest absolute Gasteiger partial charge is 0.251 e. The lowest BCUT2D eigenvalue weighted by Gasteiger charge is -2.35. The van der Waals surface area contributed by atoms with Crippen molar-refractivity contribution in [3.05, 3.63) is 83.8 Å². The third-order valence-electron chi connectivity index (χ3n) is 5.89. The number of nitrogens with zero attached hydrogens (tertiary/aromatic N) is 1. The van der Waals surface area contributed by atoms with Crippen LogP contribution in [0.1, 0.15) is 27.7 Å². The number of hydrogen-bond acceptors (Lipinski definition) is 7. The lowest BCUT2D eigenvalue weighted by Crippen LogP contribution is -2.43. The first-order valence-corrected chi connectivity index (χ1v) is 12.8. The van der Waals surface area contributed by atoms with E-state index in [2.05, 4.69) is 14.9 Å². The SMILES string of the molecule is COc1ccc([C@@H](CNC(=O)c2ccc(S(=O)(=O)NCc3ccco3)cc2)N2CCOCC2)cc1. The Kier molecular flexibility index (Phi) is 8.19. The lowest BCUT2D eigenvalue weighted by atomic mass is 10.0. The van der Waals surface area contributed by atoms with Crippen LogP contribution in [-0.4, -0.2) is 59.2 Å². The van der Waals surface area contributed by atoms with E-state index in [-0.39, 0.29) is 23.4 Å². The highest BCUT2D eigenvalue weighted by Crippen LogP contribution is 2.24. The molecule has 1 atom stereocenters. The Morgan fingerprint density at radius 1 is 1.06 bits per heavy atom. The van der Waals surface area contributed by atoms with Gasteiger partial charge >= 0.3 is 0 Å². The van der Waals surface area contributed by atoms with Crippen molar-refractivity contribution in [2.24, 2.45) is 0 Å². The van der Waals surface area contributed by atoms with Crippen LogP contribution in [-0.2, 0) is 21.3 Å². The molecule has 1 aromatic heterocycles. The van der Waals surface area contributed by atoms with Crippen molar-refractivity contribution in [1.82, 2.24) is 14.9 Å². The highest BCUT2D eigenvalue weighted by Gasteiger charge is 2.24. The van der Waals surface area contributed by atoms with E-state index in [9.17, 15) is 13.2 Å². The Morgan fingerprint density at radius 3 is 2.40 bits per heavy atom. The minimum Gasteiger partial charge on any atom is -0.497 e. The lowest BCUT2D eigenvalue weighted by molar-refractivity contribution is 0.0162. The number of benzene rings is 2. The zero-order valence-corrected chi connectivity index (χ0v) is 20.3. The van der Waals surface area contributed by atoms with Crippen LogP contribution < -0.4 is 14.8 Å². The standard InChI is InChI=1S/C25H29N3O6S/c1-32-21-8-4-19(5-9-21)24(28-12-15-33-16-13-28)18-26-25(29)20-6-10-23(11-7-20)35(30,31)27-17-22-3-2-14-34-22/h2-11,14,24,27H,12-13,15-18H2,1H3,(H,26,29)/t24-/m1/s1. The monoisotopic (exact) mass is 499 g/mol. The number of amides is 1. The second-order valence-corrected chi connectivity index (χ2v) is 9.84. The van der Waals surface area contributed by atoms with Gasteiger partial charge < -0.3 is 19.2 Å². The summed E-state index contributed by atoms with van der Waals surface area (Å²) in [4.78, 5) is 15.2. The summed E-state index contributed by atoms with van der Waals surface area (Å²) in [5.41, 5.74) is 1.45. The first-order valence-electron chi connectivity index (χ1n) is 11.3. The Labute approximate surface area is 205 Å². The number of furan rings is 1. The average Bonchev–Trinajstić information content (AvgIpc) is 3.43. The highest BCUT2D eigenvalue weighted by atomic mass is 32.2. The van der Waals surface area contributed by atoms with Crippen LogP contribution in [0.4, 0.5) is 0 Å². The van der Waals surface area contributed by atoms with E-state index >= 15 is 0 Å². The number of carbonyl (C=O) groups excluding carboxylic acids is 1. The van der Waals surface area contributed by atoms with Crippen molar-refractivity contribution >= 4 is 15.9 Å². The summed E-state index contributed by atoms with van der Waals surface area (Å²) in [6, 6.07) is 17.0. The summed E-state index contributed by atoms with van der Waals surface area (Å²) >= 11 is 0. The molecule has 0 spiro atoms. The van der Waals surface area contributed by atoms with Gasteiger partial charge in [-0.25, -0.2) is 13.1 Å². The molecule has 0 bridgehead atoms. The molecule has 1 aliphatic rings. The molecule has 1 amide bonds. The van der Waals surface area contributed by atoms with Crippen LogP contribution in [0.25, 0.3) is 0 Å². The number of hydrogen-bond donors (Lipinski definition) is 2. The molecule has 1 fully saturated rings. The average molecular weight is 500 g/mol. The first kappa shape index (κ1) is 24.9. The molecular formula is C25H29N3O6S. The molecule has 10 heteroatoms. The summed E-state index contributed by atoms with van der Waals surface area (Å²) in [5.74, 6) is 1.01. The van der Waals surface area contributed by atoms with E-state index in [1.807, 2.05) is 24.3 Å². The van der Waals surface area contributed by atoms with Gasteiger partial charge in [0.05, 0.1) is 44.1 Å². The van der Waals surface area contributed by atoms with Gasteiger partial charge in [-0.2, -0.15) is 0 Å². The maximum Gasteiger partial charge on any atom is 0.251 e. The minimum atomic E-state index is -3.73. The molecule has 1 saturated heterocycles. The summed E-state index contributed by atoms with van der Waals surface area (Å²) < 4.78 is 43.4. The fourth-order valence-electron chi connectivity index (χ4n) is 3.91. The van der Waals surface area contributed by atoms with Crippen molar-refractivity contribution in [2.45, 2.75) is 17.5 Å². The van der Waals surface area contributed by atoms with Crippen LogP contribution in [0.3, 0.4) is 0 Å². The Hall–Kier alpha value is -3.18. The highest BCUT2D eigenvalue weighted by molar-refractivity contribution is 7.89. The van der Waals surface area contributed by atoms with Crippen molar-refractivity contribution in [3.63, 3.8) is 0 Å². The molecule has 0 saturated carbocycles. The topological polar surface area (TPSA) is 110 Å². The summed E-state index contributed by atoms with van der Waals surface area (Å²) in [5, 5.41) is 3.00. The second kappa shape index (κ2) is 11.5. The van der Waals surface area contributed by atoms with Gasteiger partial charge in [-0.1, -0.05) is 12.1 Å². The molecule has 2 heterocycles. The molecule has 0 radical (unpaired) electrons. The number of nitrogens with one attached hydrogen (secondary N) is 2. The molecule has 35 heavy (non-hydrogen) atoms. The predicted octanol–water partition coefficient (Wildman–Crippen LogP) is 2.57. The van der Waals surface area contributed by atoms with Gasteiger partial charge in [-0.05, 0) is 54.1 Å². The normalized spacial score (nSPS) is 15.5. The van der Waals surface area contributed by atoms with Crippen LogP contribution in [0.5, 0.6) is 5.75 Å². The van der Waals surface area contributed by atoms with Crippen molar-refractivity contribution in [2.75, 3.05) is 40.0 Å². The van der Waals surface area contributed by atoms with Crippen molar-refractivity contribution in [1.29, 1.82) is 0 Å². The van der Waals surface area contributed by atoms with Crippen LogP contribution in [0.15, 0.2) is 76.2 Å². The molecule has 0 aliphatic carbocycles. The van der Waals surface area contributed by atoms with Gasteiger partial charge in [0.15, 0.2) is 0 Å². The van der Waals surface area contributed by atoms with Crippen LogP contribution in [0.2, 0.25) is 0 Å². The van der Waals surface area contributed by atoms with E-state index in [1.54, 1.807) is 19.2 Å². The fraction of sp³-hybridized carbons (Fsp3) is 0.320. The largest absolute Gasteiger partial charge is 0.497 e. The number of carbonyl (C=O) groups is 1. The molecule has 3 aromatic rings. The molecule has 9 nitrogen and oxygen atoms in total. The quantitative estimate of drug-likeness (QED) is 0.441. The number of rotatable bonds is 10. The van der Waals surface area contributed by atoms with Crippen molar-refractivity contribution in [3.8, 4) is 5.75 Å².